The van der Waals surface area contributed by atoms with Crippen molar-refractivity contribution in [2.45, 2.75) is 37.6 Å². The van der Waals surface area contributed by atoms with Crippen molar-refractivity contribution in [2.24, 2.45) is 0 Å². The van der Waals surface area contributed by atoms with Crippen molar-refractivity contribution in [3.8, 4) is 11.5 Å². The van der Waals surface area contributed by atoms with Gasteiger partial charge in [0.25, 0.3) is 0 Å². The van der Waals surface area contributed by atoms with E-state index in [0.29, 0.717) is 43.5 Å². The number of fused-ring (bicyclic) bond motifs is 1. The Hall–Kier alpha value is -2.48. The van der Waals surface area contributed by atoms with Crippen LogP contribution in [0, 0.1) is 6.92 Å². The van der Waals surface area contributed by atoms with E-state index in [-0.39, 0.29) is 0 Å². The lowest BCUT2D eigenvalue weighted by atomic mass is 10.1. The van der Waals surface area contributed by atoms with E-state index in [1.54, 1.807) is 10.4 Å². The van der Waals surface area contributed by atoms with Gasteiger partial charge in [0.05, 0.1) is 10.6 Å². The summed E-state index contributed by atoms with van der Waals surface area (Å²) in [6, 6.07) is 15.5. The van der Waals surface area contributed by atoms with Gasteiger partial charge in [-0.1, -0.05) is 24.3 Å². The number of benzene rings is 2. The van der Waals surface area contributed by atoms with Gasteiger partial charge in [-0.05, 0) is 61.6 Å². The van der Waals surface area contributed by atoms with Crippen molar-refractivity contribution >= 4 is 10.0 Å². The van der Waals surface area contributed by atoms with Crippen LogP contribution in [0.3, 0.4) is 0 Å². The van der Waals surface area contributed by atoms with Gasteiger partial charge in [-0.3, -0.25) is 4.90 Å². The molecule has 31 heavy (non-hydrogen) atoms. The maximum absolute atomic E-state index is 13.1. The Bertz CT molecular complexity index is 1180. The first-order chi connectivity index (χ1) is 15.0. The SMILES string of the molecule is Cc1oc(-c2ccccc2)nc1CN1CCN(S(=O)(=O)c2ccc3c(c2)CCC3)CC1. The van der Waals surface area contributed by atoms with Gasteiger partial charge in [0, 0.05) is 38.3 Å². The van der Waals surface area contributed by atoms with E-state index in [2.05, 4.69) is 9.88 Å². The molecule has 7 heteroatoms. The van der Waals surface area contributed by atoms with Crippen LogP contribution in [0.2, 0.25) is 0 Å². The zero-order valence-corrected chi connectivity index (χ0v) is 18.6. The van der Waals surface area contributed by atoms with Crippen LogP contribution in [0.1, 0.15) is 29.0 Å². The highest BCUT2D eigenvalue weighted by atomic mass is 32.2. The maximum atomic E-state index is 13.1. The molecule has 1 aromatic heterocycles. The Morgan fingerprint density at radius 1 is 0.968 bits per heavy atom. The first-order valence-corrected chi connectivity index (χ1v) is 12.3. The smallest absolute Gasteiger partial charge is 0.243 e. The van der Waals surface area contributed by atoms with Crippen LogP contribution in [0.25, 0.3) is 11.5 Å². The average molecular weight is 438 g/mol. The van der Waals surface area contributed by atoms with E-state index in [4.69, 9.17) is 4.42 Å². The molecule has 0 spiro atoms. The van der Waals surface area contributed by atoms with E-state index in [1.807, 2.05) is 49.4 Å². The molecular weight excluding hydrogens is 410 g/mol. The third kappa shape index (κ3) is 4.05. The summed E-state index contributed by atoms with van der Waals surface area (Å²) in [4.78, 5) is 7.36. The molecule has 0 atom stereocenters. The van der Waals surface area contributed by atoms with Crippen LogP contribution >= 0.6 is 0 Å². The van der Waals surface area contributed by atoms with Crippen LogP contribution in [-0.2, 0) is 29.4 Å². The standard InChI is InChI=1S/C24H27N3O3S/c1-18-23(25-24(30-18)20-6-3-2-4-7-20)17-26-12-14-27(15-13-26)31(28,29)22-11-10-19-8-5-9-21(19)16-22/h2-4,6-7,10-11,16H,5,8-9,12-15,17H2,1H3. The molecule has 0 saturated carbocycles. The summed E-state index contributed by atoms with van der Waals surface area (Å²) in [5.41, 5.74) is 4.35. The Balaban J connectivity index is 1.24. The molecule has 0 N–H and O–H groups in total. The molecule has 3 aromatic rings. The normalized spacial score (nSPS) is 17.7. The molecule has 5 rings (SSSR count). The van der Waals surface area contributed by atoms with Crippen LogP contribution in [0.5, 0.6) is 0 Å². The van der Waals surface area contributed by atoms with Crippen molar-refractivity contribution in [1.82, 2.24) is 14.2 Å². The third-order valence-corrected chi connectivity index (χ3v) is 8.22. The number of aryl methyl sites for hydroxylation is 3. The van der Waals surface area contributed by atoms with Gasteiger partial charge in [-0.25, -0.2) is 13.4 Å². The van der Waals surface area contributed by atoms with Crippen molar-refractivity contribution in [1.29, 1.82) is 0 Å². The summed E-state index contributed by atoms with van der Waals surface area (Å²) in [6.45, 7) is 4.93. The molecule has 1 fully saturated rings. The topological polar surface area (TPSA) is 66.7 Å². The molecule has 1 aliphatic heterocycles. The minimum absolute atomic E-state index is 0.432. The molecule has 1 saturated heterocycles. The van der Waals surface area contributed by atoms with Crippen LogP contribution in [-0.4, -0.2) is 48.8 Å². The van der Waals surface area contributed by atoms with Gasteiger partial charge in [0.2, 0.25) is 15.9 Å². The van der Waals surface area contributed by atoms with Gasteiger partial charge in [-0.15, -0.1) is 0 Å². The Morgan fingerprint density at radius 2 is 1.71 bits per heavy atom. The summed E-state index contributed by atoms with van der Waals surface area (Å²) in [7, 11) is -3.45. The zero-order valence-electron chi connectivity index (χ0n) is 17.8. The third-order valence-electron chi connectivity index (χ3n) is 6.33. The zero-order chi connectivity index (χ0) is 21.4. The lowest BCUT2D eigenvalue weighted by Crippen LogP contribution is -2.48. The van der Waals surface area contributed by atoms with Crippen molar-refractivity contribution in [3.05, 3.63) is 71.1 Å². The number of hydrogen-bond donors (Lipinski definition) is 0. The van der Waals surface area contributed by atoms with Gasteiger partial charge in [-0.2, -0.15) is 4.31 Å². The highest BCUT2D eigenvalue weighted by Gasteiger charge is 2.30. The minimum Gasteiger partial charge on any atom is -0.441 e. The first kappa shape index (κ1) is 20.4. The van der Waals surface area contributed by atoms with Gasteiger partial charge < -0.3 is 4.42 Å². The molecule has 2 aromatic carbocycles. The predicted molar refractivity (Wildman–Crippen MR) is 119 cm³/mol. The second-order valence-electron chi connectivity index (χ2n) is 8.35. The summed E-state index contributed by atoms with van der Waals surface area (Å²) >= 11 is 0. The van der Waals surface area contributed by atoms with E-state index in [0.717, 1.165) is 36.3 Å². The van der Waals surface area contributed by atoms with Crippen molar-refractivity contribution < 1.29 is 12.8 Å². The van der Waals surface area contributed by atoms with E-state index in [1.165, 1.54) is 11.1 Å². The lowest BCUT2D eigenvalue weighted by molar-refractivity contribution is 0.179. The molecule has 0 unspecified atom stereocenters. The number of sulfonamides is 1. The molecule has 162 valence electrons. The number of nitrogens with zero attached hydrogens (tertiary/aromatic N) is 3. The van der Waals surface area contributed by atoms with Crippen LogP contribution in [0.15, 0.2) is 57.8 Å². The summed E-state index contributed by atoms with van der Waals surface area (Å²) in [5.74, 6) is 1.44. The number of oxazole rings is 1. The number of piperazine rings is 1. The van der Waals surface area contributed by atoms with Crippen LogP contribution < -0.4 is 0 Å². The second-order valence-corrected chi connectivity index (χ2v) is 10.3. The number of hydrogen-bond acceptors (Lipinski definition) is 5. The average Bonchev–Trinajstić information content (AvgIpc) is 3.41. The monoisotopic (exact) mass is 437 g/mol. The Kier molecular flexibility index (Phi) is 5.42. The molecule has 2 heterocycles. The number of aromatic nitrogens is 1. The van der Waals surface area contributed by atoms with Gasteiger partial charge in [0.1, 0.15) is 5.76 Å². The minimum atomic E-state index is -3.45. The molecule has 0 bridgehead atoms. The predicted octanol–water partition coefficient (Wildman–Crippen LogP) is 3.65. The molecule has 0 amide bonds. The van der Waals surface area contributed by atoms with Crippen molar-refractivity contribution in [3.63, 3.8) is 0 Å². The first-order valence-electron chi connectivity index (χ1n) is 10.9. The largest absolute Gasteiger partial charge is 0.441 e. The molecule has 0 radical (unpaired) electrons. The van der Waals surface area contributed by atoms with E-state index >= 15 is 0 Å². The Labute approximate surface area is 183 Å². The summed E-state index contributed by atoms with van der Waals surface area (Å²) in [5, 5.41) is 0. The van der Waals surface area contributed by atoms with E-state index < -0.39 is 10.0 Å². The number of rotatable bonds is 5. The van der Waals surface area contributed by atoms with Crippen LogP contribution in [0.4, 0.5) is 0 Å². The molecule has 2 aliphatic rings. The molecule has 1 aliphatic carbocycles. The Morgan fingerprint density at radius 3 is 2.48 bits per heavy atom. The fourth-order valence-electron chi connectivity index (χ4n) is 4.48. The van der Waals surface area contributed by atoms with Gasteiger partial charge in [0.15, 0.2) is 0 Å². The highest BCUT2D eigenvalue weighted by Crippen LogP contribution is 2.27. The van der Waals surface area contributed by atoms with Crippen molar-refractivity contribution in [2.75, 3.05) is 26.2 Å². The van der Waals surface area contributed by atoms with E-state index in [9.17, 15) is 8.42 Å². The molecule has 6 nitrogen and oxygen atoms in total. The summed E-state index contributed by atoms with van der Waals surface area (Å²) in [6.07, 6.45) is 3.15. The highest BCUT2D eigenvalue weighted by molar-refractivity contribution is 7.89. The summed E-state index contributed by atoms with van der Waals surface area (Å²) < 4.78 is 33.8. The fraction of sp³-hybridized carbons (Fsp3) is 0.375. The molecular formula is C24H27N3O3S. The second kappa shape index (κ2) is 8.22. The fourth-order valence-corrected chi connectivity index (χ4v) is 5.95. The van der Waals surface area contributed by atoms with Gasteiger partial charge >= 0.3 is 0 Å². The maximum Gasteiger partial charge on any atom is 0.243 e. The quantitative estimate of drug-likeness (QED) is 0.610. The lowest BCUT2D eigenvalue weighted by Gasteiger charge is -2.33.